The summed E-state index contributed by atoms with van der Waals surface area (Å²) < 4.78 is 159. The van der Waals surface area contributed by atoms with Crippen molar-refractivity contribution in [2.75, 3.05) is 0 Å². The van der Waals surface area contributed by atoms with E-state index in [0.29, 0.717) is 24.5 Å². The Morgan fingerprint density at radius 3 is 1.18 bits per heavy atom. The third-order valence-corrected chi connectivity index (χ3v) is 3.47. The Bertz CT molecular complexity index is 806. The lowest BCUT2D eigenvalue weighted by atomic mass is 9.86. The van der Waals surface area contributed by atoms with Gasteiger partial charge in [0.2, 0.25) is 0 Å². The third-order valence-electron chi connectivity index (χ3n) is 3.47. The number of halogens is 12. The predicted octanol–water partition coefficient (Wildman–Crippen LogP) is 6.82. The predicted molar refractivity (Wildman–Crippen MR) is 69.7 cm³/mol. The number of benzene rings is 1. The molecule has 0 fully saturated rings. The minimum absolute atomic E-state index is 0.445. The van der Waals surface area contributed by atoms with Crippen LogP contribution in [0.15, 0.2) is 30.6 Å². The molecular formula is C15H5F12N. The number of nitrogens with zero attached hydrogens (tertiary/aromatic N) is 1. The largest absolute Gasteiger partial charge is 0.417 e. The maximum atomic E-state index is 13.4. The minimum Gasteiger partial charge on any atom is -0.265 e. The average molecular weight is 427 g/mol. The van der Waals surface area contributed by atoms with Crippen LogP contribution >= 0.6 is 0 Å². The van der Waals surface area contributed by atoms with Crippen molar-refractivity contribution in [3.8, 4) is 11.1 Å². The van der Waals surface area contributed by atoms with Crippen molar-refractivity contribution in [3.63, 3.8) is 0 Å². The first-order valence-electron chi connectivity index (χ1n) is 6.86. The van der Waals surface area contributed by atoms with Gasteiger partial charge < -0.3 is 0 Å². The lowest BCUT2D eigenvalue weighted by Gasteiger charge is -2.26. The molecule has 0 aliphatic heterocycles. The molecule has 0 saturated heterocycles. The van der Waals surface area contributed by atoms with Crippen LogP contribution in [0.4, 0.5) is 52.7 Å². The van der Waals surface area contributed by atoms with Crippen LogP contribution in [0.5, 0.6) is 0 Å². The molecule has 1 nitrogen and oxygen atoms in total. The highest BCUT2D eigenvalue weighted by Crippen LogP contribution is 2.53. The zero-order valence-electron chi connectivity index (χ0n) is 12.9. The molecule has 154 valence electrons. The zero-order valence-corrected chi connectivity index (χ0v) is 12.9. The van der Waals surface area contributed by atoms with Crippen LogP contribution in [0.2, 0.25) is 0 Å². The normalized spacial score (nSPS) is 13.7. The van der Waals surface area contributed by atoms with Crippen LogP contribution in [0.25, 0.3) is 11.1 Å². The topological polar surface area (TPSA) is 12.9 Å². The molecule has 0 N–H and O–H groups in total. The van der Waals surface area contributed by atoms with E-state index in [0.717, 1.165) is 0 Å². The molecule has 0 spiro atoms. The second-order valence-corrected chi connectivity index (χ2v) is 5.32. The first-order chi connectivity index (χ1) is 12.5. The summed E-state index contributed by atoms with van der Waals surface area (Å²) in [5.41, 5.74) is -14.9. The maximum Gasteiger partial charge on any atom is 0.417 e. The van der Waals surface area contributed by atoms with E-state index in [1.54, 1.807) is 0 Å². The average Bonchev–Trinajstić information content (AvgIpc) is 2.50. The fourth-order valence-corrected chi connectivity index (χ4v) is 2.53. The molecule has 1 heterocycles. The molecule has 0 aliphatic carbocycles. The summed E-state index contributed by atoms with van der Waals surface area (Å²) in [6.07, 6.45) is -22.9. The standard InChI is InChI=1S/C15H5F12N/c16-12(17,18)7-5-8(13(19,20)21)11(15(25,26)27)9(10(7)14(22,23)24)6-1-3-28-4-2-6/h1-5H. The molecule has 0 unspecified atom stereocenters. The number of rotatable bonds is 1. The molecule has 2 aromatic rings. The summed E-state index contributed by atoms with van der Waals surface area (Å²) in [6, 6.07) is -0.281. The summed E-state index contributed by atoms with van der Waals surface area (Å²) in [6.45, 7) is 0. The van der Waals surface area contributed by atoms with Crippen molar-refractivity contribution in [1.82, 2.24) is 4.98 Å². The van der Waals surface area contributed by atoms with Gasteiger partial charge in [-0.25, -0.2) is 0 Å². The maximum absolute atomic E-state index is 13.4. The molecule has 0 bridgehead atoms. The van der Waals surface area contributed by atoms with Crippen molar-refractivity contribution < 1.29 is 52.7 Å². The summed E-state index contributed by atoms with van der Waals surface area (Å²) in [5, 5.41) is 0. The third kappa shape index (κ3) is 4.17. The van der Waals surface area contributed by atoms with Gasteiger partial charge >= 0.3 is 24.7 Å². The fourth-order valence-electron chi connectivity index (χ4n) is 2.53. The second kappa shape index (κ2) is 6.55. The van der Waals surface area contributed by atoms with Gasteiger partial charge in [0.1, 0.15) is 0 Å². The summed E-state index contributed by atoms with van der Waals surface area (Å²) in [4.78, 5) is 3.29. The van der Waals surface area contributed by atoms with Gasteiger partial charge in [-0.05, 0) is 23.8 Å². The Morgan fingerprint density at radius 1 is 0.536 bits per heavy atom. The minimum atomic E-state index is -6.05. The summed E-state index contributed by atoms with van der Waals surface area (Å²) in [7, 11) is 0. The van der Waals surface area contributed by atoms with Gasteiger partial charge in [-0.3, -0.25) is 4.98 Å². The van der Waals surface area contributed by atoms with Crippen LogP contribution in [0.1, 0.15) is 22.3 Å². The molecule has 28 heavy (non-hydrogen) atoms. The Morgan fingerprint density at radius 2 is 0.893 bits per heavy atom. The molecular weight excluding hydrogens is 422 g/mol. The van der Waals surface area contributed by atoms with Gasteiger partial charge in [-0.15, -0.1) is 0 Å². The van der Waals surface area contributed by atoms with E-state index in [-0.39, 0.29) is 0 Å². The molecule has 1 aromatic carbocycles. The van der Waals surface area contributed by atoms with Crippen LogP contribution in [0, 0.1) is 0 Å². The SMILES string of the molecule is FC(F)(F)c1cc(C(F)(F)F)c(C(F)(F)F)c(-c2ccncc2)c1C(F)(F)F. The van der Waals surface area contributed by atoms with E-state index in [1.165, 1.54) is 0 Å². The second-order valence-electron chi connectivity index (χ2n) is 5.32. The Kier molecular flexibility index (Phi) is 5.11. The van der Waals surface area contributed by atoms with Crippen LogP contribution in [-0.2, 0) is 24.7 Å². The van der Waals surface area contributed by atoms with Crippen molar-refractivity contribution >= 4 is 0 Å². The first-order valence-corrected chi connectivity index (χ1v) is 6.86. The van der Waals surface area contributed by atoms with Gasteiger partial charge in [-0.1, -0.05) is 0 Å². The summed E-state index contributed by atoms with van der Waals surface area (Å²) >= 11 is 0. The lowest BCUT2D eigenvalue weighted by Crippen LogP contribution is -2.25. The monoisotopic (exact) mass is 427 g/mol. The number of pyridine rings is 1. The van der Waals surface area contributed by atoms with Crippen LogP contribution < -0.4 is 0 Å². The molecule has 0 aliphatic rings. The molecule has 13 heteroatoms. The van der Waals surface area contributed by atoms with E-state index in [1.807, 2.05) is 0 Å². The smallest absolute Gasteiger partial charge is 0.265 e. The fraction of sp³-hybridized carbons (Fsp3) is 0.267. The molecule has 0 amide bonds. The quantitative estimate of drug-likeness (QED) is 0.455. The van der Waals surface area contributed by atoms with Crippen molar-refractivity contribution in [2.24, 2.45) is 0 Å². The Hall–Kier alpha value is -2.47. The molecule has 0 saturated carbocycles. The van der Waals surface area contributed by atoms with Gasteiger partial charge in [0.05, 0.1) is 22.3 Å². The van der Waals surface area contributed by atoms with Gasteiger partial charge in [-0.2, -0.15) is 52.7 Å². The number of hydrogen-bond donors (Lipinski definition) is 0. The van der Waals surface area contributed by atoms with Crippen molar-refractivity contribution in [1.29, 1.82) is 0 Å². The van der Waals surface area contributed by atoms with Crippen molar-refractivity contribution in [2.45, 2.75) is 24.7 Å². The van der Waals surface area contributed by atoms with E-state index < -0.39 is 64.2 Å². The highest BCUT2D eigenvalue weighted by molar-refractivity contribution is 5.76. The highest BCUT2D eigenvalue weighted by Gasteiger charge is 2.53. The van der Waals surface area contributed by atoms with Gasteiger partial charge in [0, 0.05) is 18.0 Å². The highest BCUT2D eigenvalue weighted by atomic mass is 19.4. The Labute approximate surface area is 147 Å². The molecule has 0 radical (unpaired) electrons. The van der Waals surface area contributed by atoms with E-state index >= 15 is 0 Å². The zero-order chi connectivity index (χ0) is 21.7. The van der Waals surface area contributed by atoms with Crippen molar-refractivity contribution in [3.05, 3.63) is 52.8 Å². The van der Waals surface area contributed by atoms with Crippen LogP contribution in [0.3, 0.4) is 0 Å². The number of hydrogen-bond acceptors (Lipinski definition) is 1. The van der Waals surface area contributed by atoms with E-state index in [2.05, 4.69) is 4.98 Å². The lowest BCUT2D eigenvalue weighted by molar-refractivity contribution is -0.170. The van der Waals surface area contributed by atoms with E-state index in [9.17, 15) is 52.7 Å². The van der Waals surface area contributed by atoms with Gasteiger partial charge in [0.25, 0.3) is 0 Å². The first kappa shape index (κ1) is 21.8. The van der Waals surface area contributed by atoms with Gasteiger partial charge in [0.15, 0.2) is 0 Å². The molecule has 1 aromatic heterocycles. The molecule has 2 rings (SSSR count). The van der Waals surface area contributed by atoms with Crippen LogP contribution in [-0.4, -0.2) is 4.98 Å². The number of alkyl halides is 12. The Balaban J connectivity index is 3.24. The summed E-state index contributed by atoms with van der Waals surface area (Å²) in [5.74, 6) is 0. The number of aromatic nitrogens is 1. The van der Waals surface area contributed by atoms with E-state index in [4.69, 9.17) is 0 Å². The molecule has 0 atom stereocenters.